The van der Waals surface area contributed by atoms with Crippen LogP contribution in [-0.2, 0) is 0 Å². The van der Waals surface area contributed by atoms with Crippen molar-refractivity contribution < 1.29 is 0 Å². The number of benzene rings is 8. The third-order valence-corrected chi connectivity index (χ3v) is 10.0. The molecule has 8 aromatic carbocycles. The molecule has 0 fully saturated rings. The largest absolute Gasteiger partial charge is 0.134 e. The van der Waals surface area contributed by atoms with E-state index in [1.807, 2.05) is 11.3 Å². The smallest absolute Gasteiger partial charge is 0.0440 e. The molecule has 0 unspecified atom stereocenters. The maximum Gasteiger partial charge on any atom is 0.0440 e. The van der Waals surface area contributed by atoms with Crippen LogP contribution in [0.5, 0.6) is 0 Å². The molecular weight excluding hydrogens is 537 g/mol. The summed E-state index contributed by atoms with van der Waals surface area (Å²) >= 11 is 1.92. The molecule has 0 radical (unpaired) electrons. The van der Waals surface area contributed by atoms with Crippen LogP contribution in [0, 0.1) is 0 Å². The predicted molar refractivity (Wildman–Crippen MR) is 188 cm³/mol. The van der Waals surface area contributed by atoms with Gasteiger partial charge in [0.15, 0.2) is 0 Å². The van der Waals surface area contributed by atoms with E-state index >= 15 is 0 Å². The number of thiophene rings is 1. The maximum absolute atomic E-state index is 2.40. The average molecular weight is 563 g/mol. The van der Waals surface area contributed by atoms with Crippen LogP contribution in [0.2, 0.25) is 0 Å². The van der Waals surface area contributed by atoms with Gasteiger partial charge in [-0.1, -0.05) is 140 Å². The van der Waals surface area contributed by atoms with E-state index in [0.717, 1.165) is 0 Å². The van der Waals surface area contributed by atoms with Crippen molar-refractivity contribution in [1.29, 1.82) is 0 Å². The Kier molecular flexibility index (Phi) is 5.47. The molecule has 1 heterocycles. The zero-order valence-electron chi connectivity index (χ0n) is 23.4. The Morgan fingerprint density at radius 3 is 1.84 bits per heavy atom. The molecule has 200 valence electrons. The van der Waals surface area contributed by atoms with Gasteiger partial charge in [-0.2, -0.15) is 0 Å². The lowest BCUT2D eigenvalue weighted by molar-refractivity contribution is 1.62. The van der Waals surface area contributed by atoms with Gasteiger partial charge >= 0.3 is 0 Å². The molecule has 9 rings (SSSR count). The van der Waals surface area contributed by atoms with Crippen LogP contribution in [0.25, 0.3) is 85.9 Å². The van der Waals surface area contributed by atoms with Crippen LogP contribution >= 0.6 is 11.3 Å². The van der Waals surface area contributed by atoms with Crippen molar-refractivity contribution in [2.75, 3.05) is 0 Å². The summed E-state index contributed by atoms with van der Waals surface area (Å²) in [6.45, 7) is 0. The van der Waals surface area contributed by atoms with Crippen molar-refractivity contribution in [1.82, 2.24) is 0 Å². The third kappa shape index (κ3) is 3.90. The molecule has 43 heavy (non-hydrogen) atoms. The summed E-state index contributed by atoms with van der Waals surface area (Å²) in [5, 5.41) is 10.5. The molecule has 9 aromatic rings. The van der Waals surface area contributed by atoms with Gasteiger partial charge in [-0.3, -0.25) is 0 Å². The standard InChI is InChI=1S/C42H26S/c1-2-10-27(11-3-1)31-21-23-38-40(26-31)43-42-37-22-20-30(25-39(37)35-17-6-7-18-36(35)41(38)42)29-14-8-15-32(24-29)34-19-9-13-28-12-4-5-16-33(28)34/h1-26H. The molecule has 0 saturated heterocycles. The van der Waals surface area contributed by atoms with Crippen molar-refractivity contribution in [2.24, 2.45) is 0 Å². The highest BCUT2D eigenvalue weighted by molar-refractivity contribution is 7.27. The monoisotopic (exact) mass is 562 g/mol. The summed E-state index contributed by atoms with van der Waals surface area (Å²) in [7, 11) is 0. The molecule has 0 bridgehead atoms. The van der Waals surface area contributed by atoms with Gasteiger partial charge in [0.1, 0.15) is 0 Å². The summed E-state index contributed by atoms with van der Waals surface area (Å²) in [6.07, 6.45) is 0. The average Bonchev–Trinajstić information content (AvgIpc) is 3.48. The predicted octanol–water partition coefficient (Wildman–Crippen LogP) is 12.5. The van der Waals surface area contributed by atoms with Crippen molar-refractivity contribution in [3.8, 4) is 33.4 Å². The van der Waals surface area contributed by atoms with E-state index in [1.165, 1.54) is 85.9 Å². The number of hydrogen-bond acceptors (Lipinski definition) is 1. The van der Waals surface area contributed by atoms with E-state index in [9.17, 15) is 0 Å². The number of hydrogen-bond donors (Lipinski definition) is 0. The summed E-state index contributed by atoms with van der Waals surface area (Å²) in [6, 6.07) is 57.8. The molecule has 0 saturated carbocycles. The molecule has 0 amide bonds. The Morgan fingerprint density at radius 2 is 0.953 bits per heavy atom. The molecule has 0 spiro atoms. The zero-order valence-corrected chi connectivity index (χ0v) is 24.2. The quantitative estimate of drug-likeness (QED) is 0.188. The fourth-order valence-corrected chi connectivity index (χ4v) is 8.08. The number of rotatable bonds is 3. The molecule has 0 N–H and O–H groups in total. The second kappa shape index (κ2) is 9.66. The molecule has 1 heteroatoms. The first-order valence-electron chi connectivity index (χ1n) is 14.8. The van der Waals surface area contributed by atoms with Crippen molar-refractivity contribution >= 4 is 63.8 Å². The van der Waals surface area contributed by atoms with Crippen molar-refractivity contribution in [3.05, 3.63) is 158 Å². The Balaban J connectivity index is 1.25. The molecule has 1 aromatic heterocycles. The Labute approximate surface area is 254 Å². The third-order valence-electron chi connectivity index (χ3n) is 8.84. The number of fused-ring (bicyclic) bond motifs is 9. The van der Waals surface area contributed by atoms with Gasteiger partial charge in [-0.15, -0.1) is 11.3 Å². The Hall–Kier alpha value is -5.24. The summed E-state index contributed by atoms with van der Waals surface area (Å²) in [5.74, 6) is 0. The fourth-order valence-electron chi connectivity index (χ4n) is 6.79. The zero-order chi connectivity index (χ0) is 28.3. The second-order valence-corrected chi connectivity index (χ2v) is 12.3. The van der Waals surface area contributed by atoms with Gasteiger partial charge in [0.05, 0.1) is 0 Å². The molecule has 0 aliphatic rings. The van der Waals surface area contributed by atoms with Crippen LogP contribution in [0.4, 0.5) is 0 Å². The van der Waals surface area contributed by atoms with E-state index in [1.54, 1.807) is 0 Å². The summed E-state index contributed by atoms with van der Waals surface area (Å²) < 4.78 is 2.70. The highest BCUT2D eigenvalue weighted by Gasteiger charge is 2.16. The highest BCUT2D eigenvalue weighted by atomic mass is 32.1. The SMILES string of the molecule is c1ccc(-c2ccc3c(c2)sc2c4ccc(-c5cccc(-c6cccc7ccccc67)c5)cc4c4ccccc4c32)cc1. The molecule has 0 atom stereocenters. The Bertz CT molecular complexity index is 2490. The first kappa shape index (κ1) is 24.4. The summed E-state index contributed by atoms with van der Waals surface area (Å²) in [5.41, 5.74) is 7.52. The molecule has 0 aliphatic carbocycles. The summed E-state index contributed by atoms with van der Waals surface area (Å²) in [4.78, 5) is 0. The van der Waals surface area contributed by atoms with Crippen LogP contribution in [0.15, 0.2) is 158 Å². The van der Waals surface area contributed by atoms with Crippen molar-refractivity contribution in [3.63, 3.8) is 0 Å². The van der Waals surface area contributed by atoms with Gasteiger partial charge in [0, 0.05) is 25.6 Å². The molecule has 0 nitrogen and oxygen atoms in total. The maximum atomic E-state index is 2.40. The van der Waals surface area contributed by atoms with Crippen LogP contribution in [0.1, 0.15) is 0 Å². The lowest BCUT2D eigenvalue weighted by atomic mass is 9.92. The fraction of sp³-hybridized carbons (Fsp3) is 0. The first-order valence-corrected chi connectivity index (χ1v) is 15.6. The van der Waals surface area contributed by atoms with E-state index in [-0.39, 0.29) is 0 Å². The van der Waals surface area contributed by atoms with E-state index in [4.69, 9.17) is 0 Å². The molecular formula is C42H26S. The van der Waals surface area contributed by atoms with Crippen LogP contribution in [0.3, 0.4) is 0 Å². The Morgan fingerprint density at radius 1 is 0.326 bits per heavy atom. The lowest BCUT2D eigenvalue weighted by Gasteiger charge is -2.12. The van der Waals surface area contributed by atoms with Crippen LogP contribution in [-0.4, -0.2) is 0 Å². The van der Waals surface area contributed by atoms with Gasteiger partial charge in [-0.25, -0.2) is 0 Å². The molecule has 0 aliphatic heterocycles. The van der Waals surface area contributed by atoms with Gasteiger partial charge in [-0.05, 0) is 78.5 Å². The van der Waals surface area contributed by atoms with E-state index in [2.05, 4.69) is 158 Å². The van der Waals surface area contributed by atoms with Gasteiger partial charge < -0.3 is 0 Å². The first-order chi connectivity index (χ1) is 21.3. The minimum atomic E-state index is 1.24. The topological polar surface area (TPSA) is 0 Å². The van der Waals surface area contributed by atoms with Crippen molar-refractivity contribution in [2.45, 2.75) is 0 Å². The van der Waals surface area contributed by atoms with Crippen LogP contribution < -0.4 is 0 Å². The van der Waals surface area contributed by atoms with Gasteiger partial charge in [0.2, 0.25) is 0 Å². The lowest BCUT2D eigenvalue weighted by Crippen LogP contribution is -1.85. The normalized spacial score (nSPS) is 11.7. The van der Waals surface area contributed by atoms with E-state index in [0.29, 0.717) is 0 Å². The van der Waals surface area contributed by atoms with Gasteiger partial charge in [0.25, 0.3) is 0 Å². The van der Waals surface area contributed by atoms with E-state index < -0.39 is 0 Å². The second-order valence-electron chi connectivity index (χ2n) is 11.3. The highest BCUT2D eigenvalue weighted by Crippen LogP contribution is 2.45. The minimum Gasteiger partial charge on any atom is -0.134 e. The minimum absolute atomic E-state index is 1.24.